The monoisotopic (exact) mass is 372 g/mol. The lowest BCUT2D eigenvalue weighted by Crippen LogP contribution is -2.46. The van der Waals surface area contributed by atoms with Crippen molar-refractivity contribution in [3.05, 3.63) is 57.3 Å². The molecule has 6 nitrogen and oxygen atoms in total. The SMILES string of the molecule is CC(C(=O)O)(C(=O)CNC(=O)c1cc2c(s1)CCNC2)c1ccccc1. The summed E-state index contributed by atoms with van der Waals surface area (Å²) in [5.74, 6) is -2.15. The van der Waals surface area contributed by atoms with Crippen molar-refractivity contribution in [2.24, 2.45) is 0 Å². The fourth-order valence-electron chi connectivity index (χ4n) is 2.96. The van der Waals surface area contributed by atoms with E-state index in [1.165, 1.54) is 23.1 Å². The van der Waals surface area contributed by atoms with Gasteiger partial charge in [0.2, 0.25) is 0 Å². The van der Waals surface area contributed by atoms with Crippen molar-refractivity contribution < 1.29 is 19.5 Å². The van der Waals surface area contributed by atoms with Crippen LogP contribution in [0.1, 0.15) is 32.6 Å². The second kappa shape index (κ2) is 7.39. The molecule has 0 fully saturated rings. The predicted molar refractivity (Wildman–Crippen MR) is 98.5 cm³/mol. The largest absolute Gasteiger partial charge is 0.480 e. The topological polar surface area (TPSA) is 95.5 Å². The Hall–Kier alpha value is -2.51. The molecule has 1 aromatic heterocycles. The van der Waals surface area contributed by atoms with E-state index in [1.807, 2.05) is 6.07 Å². The highest BCUT2D eigenvalue weighted by molar-refractivity contribution is 7.14. The molecule has 1 aliphatic heterocycles. The molecule has 2 aromatic rings. The summed E-state index contributed by atoms with van der Waals surface area (Å²) in [6.07, 6.45) is 0.886. The van der Waals surface area contributed by atoms with E-state index in [4.69, 9.17) is 0 Å². The molecule has 7 heteroatoms. The van der Waals surface area contributed by atoms with Gasteiger partial charge in [-0.15, -0.1) is 11.3 Å². The van der Waals surface area contributed by atoms with Gasteiger partial charge in [0.1, 0.15) is 5.41 Å². The number of hydrogen-bond acceptors (Lipinski definition) is 5. The number of carbonyl (C=O) groups is 3. The highest BCUT2D eigenvalue weighted by atomic mass is 32.1. The van der Waals surface area contributed by atoms with Crippen molar-refractivity contribution in [2.75, 3.05) is 13.1 Å². The van der Waals surface area contributed by atoms with Gasteiger partial charge in [-0.3, -0.25) is 14.4 Å². The number of benzene rings is 1. The number of nitrogens with one attached hydrogen (secondary N) is 2. The zero-order valence-electron chi connectivity index (χ0n) is 14.4. The van der Waals surface area contributed by atoms with Crippen LogP contribution < -0.4 is 10.6 Å². The number of hydrogen-bond donors (Lipinski definition) is 3. The third kappa shape index (κ3) is 3.40. The lowest BCUT2D eigenvalue weighted by atomic mass is 9.78. The van der Waals surface area contributed by atoms with Crippen LogP contribution in [0.15, 0.2) is 36.4 Å². The van der Waals surface area contributed by atoms with Crippen molar-refractivity contribution >= 4 is 29.0 Å². The first-order valence-corrected chi connectivity index (χ1v) is 9.17. The smallest absolute Gasteiger partial charge is 0.321 e. The number of Topliss-reactive ketones (excluding diaryl/α,β-unsaturated/α-hetero) is 1. The van der Waals surface area contributed by atoms with E-state index in [0.717, 1.165) is 25.1 Å². The van der Waals surface area contributed by atoms with Crippen LogP contribution in [0.4, 0.5) is 0 Å². The molecule has 0 saturated carbocycles. The Labute approximate surface area is 155 Å². The molecule has 2 heterocycles. The first kappa shape index (κ1) is 18.3. The molecule has 3 rings (SSSR count). The average Bonchev–Trinajstić information content (AvgIpc) is 3.10. The van der Waals surface area contributed by atoms with Crippen molar-refractivity contribution in [3.63, 3.8) is 0 Å². The molecule has 0 bridgehead atoms. The number of amides is 1. The summed E-state index contributed by atoms with van der Waals surface area (Å²) < 4.78 is 0. The van der Waals surface area contributed by atoms with Crippen LogP contribution in [0.2, 0.25) is 0 Å². The summed E-state index contributed by atoms with van der Waals surface area (Å²) >= 11 is 1.43. The third-order valence-corrected chi connectivity index (χ3v) is 5.95. The van der Waals surface area contributed by atoms with E-state index >= 15 is 0 Å². The minimum absolute atomic E-state index is 0.336. The van der Waals surface area contributed by atoms with Crippen LogP contribution >= 0.6 is 11.3 Å². The Morgan fingerprint density at radius 1 is 1.27 bits per heavy atom. The first-order chi connectivity index (χ1) is 12.4. The molecule has 1 unspecified atom stereocenters. The summed E-state index contributed by atoms with van der Waals surface area (Å²) in [5.41, 5.74) is -0.200. The maximum absolute atomic E-state index is 12.6. The molecule has 0 saturated heterocycles. The van der Waals surface area contributed by atoms with E-state index < -0.39 is 17.2 Å². The van der Waals surface area contributed by atoms with Gasteiger partial charge in [0.05, 0.1) is 11.4 Å². The molecular weight excluding hydrogens is 352 g/mol. The summed E-state index contributed by atoms with van der Waals surface area (Å²) in [5, 5.41) is 15.4. The second-order valence-corrected chi connectivity index (χ2v) is 7.52. The summed E-state index contributed by atoms with van der Waals surface area (Å²) in [6.45, 7) is 2.66. The number of carboxylic acid groups (broad SMARTS) is 1. The molecule has 3 N–H and O–H groups in total. The van der Waals surface area contributed by atoms with Gasteiger partial charge >= 0.3 is 5.97 Å². The van der Waals surface area contributed by atoms with Gasteiger partial charge in [-0.05, 0) is 30.5 Å². The Balaban J connectivity index is 1.71. The van der Waals surface area contributed by atoms with Crippen molar-refractivity contribution in [1.82, 2.24) is 10.6 Å². The van der Waals surface area contributed by atoms with Crippen LogP contribution in [0.5, 0.6) is 0 Å². The van der Waals surface area contributed by atoms with E-state index in [0.29, 0.717) is 10.4 Å². The van der Waals surface area contributed by atoms with Crippen LogP contribution in [0.25, 0.3) is 0 Å². The maximum Gasteiger partial charge on any atom is 0.321 e. The lowest BCUT2D eigenvalue weighted by molar-refractivity contribution is -0.147. The number of ketones is 1. The molecule has 0 radical (unpaired) electrons. The Morgan fingerprint density at radius 3 is 2.65 bits per heavy atom. The molecular formula is C19H20N2O4S. The van der Waals surface area contributed by atoms with Crippen LogP contribution in [-0.4, -0.2) is 35.9 Å². The summed E-state index contributed by atoms with van der Waals surface area (Å²) in [7, 11) is 0. The van der Waals surface area contributed by atoms with Gasteiger partial charge < -0.3 is 15.7 Å². The number of aliphatic carboxylic acids is 1. The van der Waals surface area contributed by atoms with Gasteiger partial charge in [0, 0.05) is 18.0 Å². The van der Waals surface area contributed by atoms with Gasteiger partial charge in [-0.1, -0.05) is 30.3 Å². The Morgan fingerprint density at radius 2 is 2.00 bits per heavy atom. The molecule has 1 aliphatic rings. The predicted octanol–water partition coefficient (Wildman–Crippen LogP) is 1.74. The van der Waals surface area contributed by atoms with Gasteiger partial charge in [0.25, 0.3) is 5.91 Å². The van der Waals surface area contributed by atoms with E-state index in [-0.39, 0.29) is 12.5 Å². The zero-order chi connectivity index (χ0) is 18.7. The minimum Gasteiger partial charge on any atom is -0.480 e. The Kier molecular flexibility index (Phi) is 5.20. The fourth-order valence-corrected chi connectivity index (χ4v) is 4.06. The molecule has 1 atom stereocenters. The highest BCUT2D eigenvalue weighted by Gasteiger charge is 2.42. The minimum atomic E-state index is -1.70. The van der Waals surface area contributed by atoms with E-state index in [1.54, 1.807) is 30.3 Å². The van der Waals surface area contributed by atoms with Crippen LogP contribution in [-0.2, 0) is 28.0 Å². The normalized spacial score (nSPS) is 15.6. The van der Waals surface area contributed by atoms with Crippen molar-refractivity contribution in [3.8, 4) is 0 Å². The molecule has 0 aliphatic carbocycles. The van der Waals surface area contributed by atoms with E-state index in [9.17, 15) is 19.5 Å². The zero-order valence-corrected chi connectivity index (χ0v) is 15.2. The number of rotatable bonds is 6. The second-order valence-electron chi connectivity index (χ2n) is 6.39. The number of carbonyl (C=O) groups excluding carboxylic acids is 2. The van der Waals surface area contributed by atoms with E-state index in [2.05, 4.69) is 10.6 Å². The van der Waals surface area contributed by atoms with Crippen molar-refractivity contribution in [2.45, 2.75) is 25.3 Å². The third-order valence-electron chi connectivity index (χ3n) is 4.71. The molecule has 136 valence electrons. The summed E-state index contributed by atoms with van der Waals surface area (Å²) in [4.78, 5) is 38.5. The quantitative estimate of drug-likeness (QED) is 0.671. The van der Waals surface area contributed by atoms with Gasteiger partial charge in [-0.25, -0.2) is 0 Å². The summed E-state index contributed by atoms with van der Waals surface area (Å²) in [6, 6.07) is 10.2. The van der Waals surface area contributed by atoms with Crippen molar-refractivity contribution in [1.29, 1.82) is 0 Å². The van der Waals surface area contributed by atoms with Gasteiger partial charge in [0.15, 0.2) is 5.78 Å². The number of thiophene rings is 1. The van der Waals surface area contributed by atoms with Crippen LogP contribution in [0.3, 0.4) is 0 Å². The molecule has 1 amide bonds. The molecule has 1 aromatic carbocycles. The molecule has 0 spiro atoms. The standard InChI is InChI=1S/C19H20N2O4S/c1-19(18(24)25,13-5-3-2-4-6-13)16(22)11-21-17(23)15-9-12-10-20-8-7-14(12)26-15/h2-6,9,20H,7-8,10-11H2,1H3,(H,21,23)(H,24,25). The Bertz CT molecular complexity index is 823. The average molecular weight is 372 g/mol. The van der Waals surface area contributed by atoms with Gasteiger partial charge in [-0.2, -0.15) is 0 Å². The maximum atomic E-state index is 12.6. The highest BCUT2D eigenvalue weighted by Crippen LogP contribution is 2.26. The lowest BCUT2D eigenvalue weighted by Gasteiger charge is -2.24. The first-order valence-electron chi connectivity index (χ1n) is 8.35. The molecule has 26 heavy (non-hydrogen) atoms. The van der Waals surface area contributed by atoms with Crippen LogP contribution in [0, 0.1) is 0 Å². The fraction of sp³-hybridized carbons (Fsp3) is 0.316. The number of carboxylic acids is 1. The number of fused-ring (bicyclic) bond motifs is 1.